The van der Waals surface area contributed by atoms with Gasteiger partial charge in [-0.2, -0.15) is 0 Å². The Labute approximate surface area is 112 Å². The molecule has 0 aromatic heterocycles. The van der Waals surface area contributed by atoms with Crippen LogP contribution in [0.1, 0.15) is 36.0 Å². The predicted octanol–water partition coefficient (Wildman–Crippen LogP) is 3.15. The zero-order chi connectivity index (χ0) is 13.0. The van der Waals surface area contributed by atoms with Crippen LogP contribution in [0.3, 0.4) is 0 Å². The maximum absolute atomic E-state index is 11.9. The number of amides is 1. The van der Waals surface area contributed by atoms with Crippen LogP contribution in [-0.2, 0) is 0 Å². The smallest absolute Gasteiger partial charge is 0.252 e. The molecule has 0 bridgehead atoms. The molecule has 0 fully saturated rings. The normalized spacial score (nSPS) is 14.4. The fourth-order valence-corrected chi connectivity index (χ4v) is 2.39. The number of rotatable bonds is 4. The number of halogens is 1. The maximum Gasteiger partial charge on any atom is 0.252 e. The SMILES string of the molecule is Nc1ccc(C(=O)NCCC2=CCCC2)c(Cl)c1. The minimum Gasteiger partial charge on any atom is -0.399 e. The molecule has 0 radical (unpaired) electrons. The molecular weight excluding hydrogens is 248 g/mol. The highest BCUT2D eigenvalue weighted by molar-refractivity contribution is 6.34. The average molecular weight is 265 g/mol. The van der Waals surface area contributed by atoms with Gasteiger partial charge in [0.2, 0.25) is 0 Å². The van der Waals surface area contributed by atoms with Crippen LogP contribution in [-0.4, -0.2) is 12.5 Å². The van der Waals surface area contributed by atoms with Gasteiger partial charge >= 0.3 is 0 Å². The standard InChI is InChI=1S/C14H17ClN2O/c15-13-9-11(16)5-6-12(13)14(18)17-8-7-10-3-1-2-4-10/h3,5-6,9H,1-2,4,7-8,16H2,(H,17,18). The highest BCUT2D eigenvalue weighted by Gasteiger charge is 2.10. The van der Waals surface area contributed by atoms with Crippen LogP contribution in [0.5, 0.6) is 0 Å². The van der Waals surface area contributed by atoms with Crippen molar-refractivity contribution in [1.82, 2.24) is 5.32 Å². The van der Waals surface area contributed by atoms with E-state index in [9.17, 15) is 4.79 Å². The van der Waals surface area contributed by atoms with E-state index < -0.39 is 0 Å². The number of benzene rings is 1. The molecule has 3 nitrogen and oxygen atoms in total. The van der Waals surface area contributed by atoms with Gasteiger partial charge in [-0.3, -0.25) is 4.79 Å². The van der Waals surface area contributed by atoms with E-state index in [2.05, 4.69) is 11.4 Å². The van der Waals surface area contributed by atoms with E-state index >= 15 is 0 Å². The fraction of sp³-hybridized carbons (Fsp3) is 0.357. The molecule has 1 amide bonds. The van der Waals surface area contributed by atoms with Crippen molar-refractivity contribution in [2.24, 2.45) is 0 Å². The maximum atomic E-state index is 11.9. The lowest BCUT2D eigenvalue weighted by Crippen LogP contribution is -2.25. The topological polar surface area (TPSA) is 55.1 Å². The molecule has 4 heteroatoms. The van der Waals surface area contributed by atoms with Crippen molar-refractivity contribution in [3.05, 3.63) is 40.4 Å². The first-order valence-corrected chi connectivity index (χ1v) is 6.56. The summed E-state index contributed by atoms with van der Waals surface area (Å²) in [5, 5.41) is 3.28. The summed E-state index contributed by atoms with van der Waals surface area (Å²) in [7, 11) is 0. The van der Waals surface area contributed by atoms with Crippen LogP contribution >= 0.6 is 11.6 Å². The van der Waals surface area contributed by atoms with Gasteiger partial charge in [0.25, 0.3) is 5.91 Å². The molecule has 0 spiro atoms. The Balaban J connectivity index is 1.87. The van der Waals surface area contributed by atoms with Crippen LogP contribution in [0.15, 0.2) is 29.8 Å². The molecule has 0 saturated heterocycles. The van der Waals surface area contributed by atoms with Crippen LogP contribution in [0.4, 0.5) is 5.69 Å². The molecule has 0 aliphatic heterocycles. The van der Waals surface area contributed by atoms with Gasteiger partial charge in [-0.15, -0.1) is 0 Å². The zero-order valence-corrected chi connectivity index (χ0v) is 11.0. The highest BCUT2D eigenvalue weighted by atomic mass is 35.5. The summed E-state index contributed by atoms with van der Waals surface area (Å²) in [6, 6.07) is 4.93. The van der Waals surface area contributed by atoms with Gasteiger partial charge in [-0.25, -0.2) is 0 Å². The van der Waals surface area contributed by atoms with Crippen molar-refractivity contribution in [3.63, 3.8) is 0 Å². The molecule has 1 aliphatic carbocycles. The van der Waals surface area contributed by atoms with Gasteiger partial charge in [0.1, 0.15) is 0 Å². The van der Waals surface area contributed by atoms with E-state index in [0.29, 0.717) is 22.8 Å². The van der Waals surface area contributed by atoms with Crippen molar-refractivity contribution in [3.8, 4) is 0 Å². The Hall–Kier alpha value is -1.48. The van der Waals surface area contributed by atoms with Gasteiger partial charge in [0.15, 0.2) is 0 Å². The quantitative estimate of drug-likeness (QED) is 0.648. The second-order valence-corrected chi connectivity index (χ2v) is 4.91. The third kappa shape index (κ3) is 3.26. The summed E-state index contributed by atoms with van der Waals surface area (Å²) in [6.07, 6.45) is 6.78. The van der Waals surface area contributed by atoms with Crippen LogP contribution in [0.2, 0.25) is 5.02 Å². The first-order chi connectivity index (χ1) is 8.66. The third-order valence-corrected chi connectivity index (χ3v) is 3.42. The first kappa shape index (κ1) is 13.0. The zero-order valence-electron chi connectivity index (χ0n) is 10.2. The third-order valence-electron chi connectivity index (χ3n) is 3.10. The van der Waals surface area contributed by atoms with E-state index in [1.54, 1.807) is 18.2 Å². The van der Waals surface area contributed by atoms with E-state index in [0.717, 1.165) is 6.42 Å². The molecule has 0 saturated carbocycles. The number of hydrogen-bond donors (Lipinski definition) is 2. The first-order valence-electron chi connectivity index (χ1n) is 6.18. The molecule has 2 rings (SSSR count). The fourth-order valence-electron chi connectivity index (χ4n) is 2.11. The van der Waals surface area contributed by atoms with Crippen LogP contribution < -0.4 is 11.1 Å². The lowest BCUT2D eigenvalue weighted by Gasteiger charge is -2.07. The van der Waals surface area contributed by atoms with Gasteiger partial charge in [0, 0.05) is 12.2 Å². The molecule has 0 heterocycles. The van der Waals surface area contributed by atoms with Gasteiger partial charge in [-0.1, -0.05) is 23.3 Å². The summed E-state index contributed by atoms with van der Waals surface area (Å²) in [6.45, 7) is 0.658. The molecular formula is C14H17ClN2O. The monoisotopic (exact) mass is 264 g/mol. The molecule has 0 atom stereocenters. The minimum absolute atomic E-state index is 0.140. The lowest BCUT2D eigenvalue weighted by atomic mass is 10.1. The Bertz CT molecular complexity index is 483. The molecule has 3 N–H and O–H groups in total. The Kier molecular flexibility index (Phi) is 4.26. The summed E-state index contributed by atoms with van der Waals surface area (Å²) < 4.78 is 0. The van der Waals surface area contributed by atoms with Gasteiger partial charge in [0.05, 0.1) is 10.6 Å². The highest BCUT2D eigenvalue weighted by Crippen LogP contribution is 2.21. The molecule has 1 aromatic rings. The number of allylic oxidation sites excluding steroid dienone is 1. The van der Waals surface area contributed by atoms with Crippen molar-refractivity contribution in [2.45, 2.75) is 25.7 Å². The minimum atomic E-state index is -0.140. The Morgan fingerprint density at radius 3 is 2.94 bits per heavy atom. The van der Waals surface area contributed by atoms with Crippen molar-refractivity contribution >= 4 is 23.2 Å². The number of nitrogen functional groups attached to an aromatic ring is 1. The number of anilines is 1. The van der Waals surface area contributed by atoms with Gasteiger partial charge in [-0.05, 0) is 43.9 Å². The summed E-state index contributed by atoms with van der Waals surface area (Å²) in [4.78, 5) is 11.9. The van der Waals surface area contributed by atoms with Crippen molar-refractivity contribution in [2.75, 3.05) is 12.3 Å². The van der Waals surface area contributed by atoms with E-state index in [-0.39, 0.29) is 5.91 Å². The summed E-state index contributed by atoms with van der Waals surface area (Å²) in [5.41, 5.74) is 8.07. The number of hydrogen-bond acceptors (Lipinski definition) is 2. The van der Waals surface area contributed by atoms with E-state index in [1.807, 2.05) is 0 Å². The van der Waals surface area contributed by atoms with Crippen LogP contribution in [0.25, 0.3) is 0 Å². The van der Waals surface area contributed by atoms with Crippen molar-refractivity contribution < 1.29 is 4.79 Å². The Morgan fingerprint density at radius 2 is 2.28 bits per heavy atom. The van der Waals surface area contributed by atoms with E-state index in [4.69, 9.17) is 17.3 Å². The second kappa shape index (κ2) is 5.91. The molecule has 1 aromatic carbocycles. The number of carbonyl (C=O) groups is 1. The molecule has 96 valence electrons. The second-order valence-electron chi connectivity index (χ2n) is 4.50. The van der Waals surface area contributed by atoms with Crippen molar-refractivity contribution in [1.29, 1.82) is 0 Å². The van der Waals surface area contributed by atoms with Crippen LogP contribution in [0, 0.1) is 0 Å². The van der Waals surface area contributed by atoms with Gasteiger partial charge < -0.3 is 11.1 Å². The lowest BCUT2D eigenvalue weighted by molar-refractivity contribution is 0.0954. The molecule has 0 unspecified atom stereocenters. The number of carbonyl (C=O) groups excluding carboxylic acids is 1. The predicted molar refractivity (Wildman–Crippen MR) is 74.7 cm³/mol. The Morgan fingerprint density at radius 1 is 1.44 bits per heavy atom. The molecule has 1 aliphatic rings. The largest absolute Gasteiger partial charge is 0.399 e. The van der Waals surface area contributed by atoms with E-state index in [1.165, 1.54) is 24.8 Å². The number of nitrogens with one attached hydrogen (secondary N) is 1. The summed E-state index contributed by atoms with van der Waals surface area (Å²) in [5.74, 6) is -0.140. The summed E-state index contributed by atoms with van der Waals surface area (Å²) >= 11 is 5.98. The number of nitrogens with two attached hydrogens (primary N) is 1. The molecule has 18 heavy (non-hydrogen) atoms. The average Bonchev–Trinajstić information content (AvgIpc) is 2.81.